The molecule has 0 aromatic heterocycles. The summed E-state index contributed by atoms with van der Waals surface area (Å²) in [7, 11) is 1.43. The molecule has 1 aliphatic rings. The van der Waals surface area contributed by atoms with Gasteiger partial charge in [0.2, 0.25) is 0 Å². The van der Waals surface area contributed by atoms with Gasteiger partial charge in [0, 0.05) is 0 Å². The Hall–Kier alpha value is -0.0500. The fourth-order valence-electron chi connectivity index (χ4n) is 1.32. The van der Waals surface area contributed by atoms with Crippen molar-refractivity contribution in [2.75, 3.05) is 7.11 Å². The lowest BCUT2D eigenvalue weighted by molar-refractivity contribution is -0.143. The van der Waals surface area contributed by atoms with E-state index in [0.717, 1.165) is 25.7 Å². The maximum Gasteiger partial charge on any atom is 0.322 e. The highest BCUT2D eigenvalue weighted by atomic mass is 79.9. The van der Waals surface area contributed by atoms with Crippen molar-refractivity contribution in [2.45, 2.75) is 30.0 Å². The molecule has 0 radical (unpaired) electrons. The number of ether oxygens (including phenoxy) is 1. The zero-order valence-electron chi connectivity index (χ0n) is 6.02. The van der Waals surface area contributed by atoms with Gasteiger partial charge in [-0.25, -0.2) is 0 Å². The molecule has 58 valence electrons. The van der Waals surface area contributed by atoms with Gasteiger partial charge in [-0.1, -0.05) is 28.8 Å². The molecule has 3 heteroatoms. The highest BCUT2D eigenvalue weighted by Gasteiger charge is 2.39. The Kier molecular flexibility index (Phi) is 2.34. The van der Waals surface area contributed by atoms with E-state index >= 15 is 0 Å². The number of alkyl halides is 1. The summed E-state index contributed by atoms with van der Waals surface area (Å²) in [6.07, 6.45) is 4.08. The van der Waals surface area contributed by atoms with Crippen molar-refractivity contribution < 1.29 is 9.53 Å². The molecule has 0 aromatic rings. The molecule has 0 unspecified atom stereocenters. The highest BCUT2D eigenvalue weighted by Crippen LogP contribution is 2.38. The van der Waals surface area contributed by atoms with Crippen LogP contribution < -0.4 is 0 Å². The molecule has 0 aliphatic heterocycles. The molecule has 1 fully saturated rings. The fourth-order valence-corrected chi connectivity index (χ4v) is 2.05. The molecule has 0 bridgehead atoms. The van der Waals surface area contributed by atoms with E-state index in [-0.39, 0.29) is 10.3 Å². The second-order valence-electron chi connectivity index (χ2n) is 2.66. The Morgan fingerprint density at radius 3 is 2.40 bits per heavy atom. The van der Waals surface area contributed by atoms with Gasteiger partial charge in [0.05, 0.1) is 7.11 Å². The van der Waals surface area contributed by atoms with Gasteiger partial charge >= 0.3 is 5.97 Å². The predicted octanol–water partition coefficient (Wildman–Crippen LogP) is 1.87. The second-order valence-corrected chi connectivity index (χ2v) is 4.18. The van der Waals surface area contributed by atoms with E-state index in [1.807, 2.05) is 0 Å². The monoisotopic (exact) mass is 206 g/mol. The van der Waals surface area contributed by atoms with E-state index in [1.165, 1.54) is 7.11 Å². The number of esters is 1. The maximum absolute atomic E-state index is 11.1. The van der Waals surface area contributed by atoms with E-state index in [4.69, 9.17) is 0 Å². The third kappa shape index (κ3) is 1.34. The predicted molar refractivity (Wildman–Crippen MR) is 42.1 cm³/mol. The average molecular weight is 207 g/mol. The van der Waals surface area contributed by atoms with Crippen molar-refractivity contribution in [3.63, 3.8) is 0 Å². The van der Waals surface area contributed by atoms with Crippen molar-refractivity contribution in [2.24, 2.45) is 0 Å². The standard InChI is InChI=1S/C7H11BrO2/c1-10-6(9)7(8)4-2-3-5-7/h2-5H2,1H3. The van der Waals surface area contributed by atoms with Crippen LogP contribution in [0.2, 0.25) is 0 Å². The third-order valence-corrected chi connectivity index (χ3v) is 3.06. The van der Waals surface area contributed by atoms with Crippen LogP contribution in [0, 0.1) is 0 Å². The molecule has 0 atom stereocenters. The van der Waals surface area contributed by atoms with Gasteiger partial charge in [0.15, 0.2) is 0 Å². The van der Waals surface area contributed by atoms with Crippen LogP contribution in [-0.4, -0.2) is 17.4 Å². The summed E-state index contributed by atoms with van der Waals surface area (Å²) in [6, 6.07) is 0. The minimum absolute atomic E-state index is 0.120. The van der Waals surface area contributed by atoms with Crippen LogP contribution in [0.1, 0.15) is 25.7 Å². The number of hydrogen-bond donors (Lipinski definition) is 0. The largest absolute Gasteiger partial charge is 0.468 e. The van der Waals surface area contributed by atoms with Crippen molar-refractivity contribution in [3.05, 3.63) is 0 Å². The summed E-state index contributed by atoms with van der Waals surface area (Å²) in [6.45, 7) is 0. The molecular formula is C7H11BrO2. The van der Waals surface area contributed by atoms with Crippen molar-refractivity contribution in [1.29, 1.82) is 0 Å². The molecule has 1 rings (SSSR count). The Morgan fingerprint density at radius 2 is 2.00 bits per heavy atom. The van der Waals surface area contributed by atoms with E-state index < -0.39 is 0 Å². The Balaban J connectivity index is 2.58. The average Bonchev–Trinajstić information content (AvgIpc) is 2.36. The first kappa shape index (κ1) is 8.05. The number of halogens is 1. The van der Waals surface area contributed by atoms with Crippen LogP contribution in [0.25, 0.3) is 0 Å². The van der Waals surface area contributed by atoms with Gasteiger partial charge in [0.25, 0.3) is 0 Å². The lowest BCUT2D eigenvalue weighted by atomic mass is 10.1. The molecule has 0 heterocycles. The summed E-state index contributed by atoms with van der Waals surface area (Å²) >= 11 is 3.40. The van der Waals surface area contributed by atoms with Gasteiger partial charge < -0.3 is 4.74 Å². The fraction of sp³-hybridized carbons (Fsp3) is 0.857. The Labute approximate surface area is 69.1 Å². The van der Waals surface area contributed by atoms with Gasteiger partial charge in [-0.05, 0) is 12.8 Å². The van der Waals surface area contributed by atoms with Crippen molar-refractivity contribution in [1.82, 2.24) is 0 Å². The quantitative estimate of drug-likeness (QED) is 0.484. The molecule has 0 saturated heterocycles. The van der Waals surface area contributed by atoms with Crippen LogP contribution >= 0.6 is 15.9 Å². The van der Waals surface area contributed by atoms with Crippen molar-refractivity contribution >= 4 is 21.9 Å². The molecule has 1 saturated carbocycles. The Morgan fingerprint density at radius 1 is 1.50 bits per heavy atom. The van der Waals surface area contributed by atoms with Crippen LogP contribution in [0.3, 0.4) is 0 Å². The zero-order chi connectivity index (χ0) is 7.61. The number of carbonyl (C=O) groups excluding carboxylic acids is 1. The molecule has 0 amide bonds. The van der Waals surface area contributed by atoms with Gasteiger partial charge in [0.1, 0.15) is 4.32 Å². The van der Waals surface area contributed by atoms with Gasteiger partial charge in [-0.3, -0.25) is 4.79 Å². The van der Waals surface area contributed by atoms with Crippen molar-refractivity contribution in [3.8, 4) is 0 Å². The highest BCUT2D eigenvalue weighted by molar-refractivity contribution is 9.10. The zero-order valence-corrected chi connectivity index (χ0v) is 7.61. The van der Waals surface area contributed by atoms with Gasteiger partial charge in [-0.15, -0.1) is 0 Å². The van der Waals surface area contributed by atoms with E-state index in [9.17, 15) is 4.79 Å². The second kappa shape index (κ2) is 2.91. The molecule has 0 spiro atoms. The third-order valence-electron chi connectivity index (χ3n) is 1.95. The first-order chi connectivity index (χ1) is 4.69. The topological polar surface area (TPSA) is 26.3 Å². The van der Waals surface area contributed by atoms with E-state index in [0.29, 0.717) is 0 Å². The Bertz CT molecular complexity index is 139. The number of hydrogen-bond acceptors (Lipinski definition) is 2. The van der Waals surface area contributed by atoms with Crippen LogP contribution in [-0.2, 0) is 9.53 Å². The molecule has 0 N–H and O–H groups in total. The maximum atomic E-state index is 11.1. The number of methoxy groups -OCH3 is 1. The molecule has 2 nitrogen and oxygen atoms in total. The molecule has 0 aromatic carbocycles. The number of rotatable bonds is 1. The minimum atomic E-state index is -0.345. The van der Waals surface area contributed by atoms with E-state index in [1.54, 1.807) is 0 Å². The summed E-state index contributed by atoms with van der Waals surface area (Å²) in [5, 5.41) is 0. The molecule has 10 heavy (non-hydrogen) atoms. The molecular weight excluding hydrogens is 196 g/mol. The number of carbonyl (C=O) groups is 1. The molecule has 1 aliphatic carbocycles. The summed E-state index contributed by atoms with van der Waals surface area (Å²) in [5.74, 6) is -0.120. The first-order valence-electron chi connectivity index (χ1n) is 3.46. The van der Waals surface area contributed by atoms with Crippen LogP contribution in [0.15, 0.2) is 0 Å². The van der Waals surface area contributed by atoms with Crippen LogP contribution in [0.5, 0.6) is 0 Å². The normalized spacial score (nSPS) is 22.6. The van der Waals surface area contributed by atoms with Crippen LogP contribution in [0.4, 0.5) is 0 Å². The first-order valence-corrected chi connectivity index (χ1v) is 4.26. The lowest BCUT2D eigenvalue weighted by Gasteiger charge is -2.16. The van der Waals surface area contributed by atoms with Gasteiger partial charge in [-0.2, -0.15) is 0 Å². The summed E-state index contributed by atoms with van der Waals surface area (Å²) < 4.78 is 4.31. The smallest absolute Gasteiger partial charge is 0.322 e. The lowest BCUT2D eigenvalue weighted by Crippen LogP contribution is -2.29. The van der Waals surface area contributed by atoms with E-state index in [2.05, 4.69) is 20.7 Å². The minimum Gasteiger partial charge on any atom is -0.468 e. The summed E-state index contributed by atoms with van der Waals surface area (Å²) in [4.78, 5) is 11.1. The SMILES string of the molecule is COC(=O)C1(Br)CCCC1. The summed E-state index contributed by atoms with van der Waals surface area (Å²) in [5.41, 5.74) is 0.